The summed E-state index contributed by atoms with van der Waals surface area (Å²) in [5, 5.41) is 8.12. The average molecular weight is 382 g/mol. The molecule has 0 N–H and O–H groups in total. The number of rotatable bonds is 6. The second kappa shape index (κ2) is 7.97. The number of hydrogen-bond donors (Lipinski definition) is 0. The topological polar surface area (TPSA) is 52.4 Å². The fourth-order valence-corrected chi connectivity index (χ4v) is 3.52. The predicted octanol–water partition coefficient (Wildman–Crippen LogP) is 3.04. The standard InChI is InChI=1S/C18H29BF2N4O2/c1-17(2)18(3,4)27-19(26-17)16(21)11-14-12-25(23-22-14)13-15-7-5-6-9-24(15)10-8-20/h11-12,15H,5-10,13H2,1-4H3. The van der Waals surface area contributed by atoms with Gasteiger partial charge in [-0.15, -0.1) is 5.10 Å². The molecule has 2 saturated heterocycles. The average Bonchev–Trinajstić information content (AvgIpc) is 3.11. The van der Waals surface area contributed by atoms with Gasteiger partial charge in [0.15, 0.2) is 0 Å². The number of likely N-dealkylation sites (tertiary alicyclic amines) is 1. The molecule has 3 rings (SSSR count). The second-order valence-corrected chi connectivity index (χ2v) is 8.36. The first kappa shape index (κ1) is 20.4. The highest BCUT2D eigenvalue weighted by Crippen LogP contribution is 2.39. The van der Waals surface area contributed by atoms with Crippen molar-refractivity contribution in [1.29, 1.82) is 0 Å². The summed E-state index contributed by atoms with van der Waals surface area (Å²) in [6.07, 6.45) is 6.23. The smallest absolute Gasteiger partial charge is 0.398 e. The maximum absolute atomic E-state index is 14.6. The van der Waals surface area contributed by atoms with E-state index in [1.807, 2.05) is 27.7 Å². The van der Waals surface area contributed by atoms with E-state index in [0.29, 0.717) is 18.8 Å². The Balaban J connectivity index is 1.64. The van der Waals surface area contributed by atoms with Gasteiger partial charge in [0.25, 0.3) is 0 Å². The SMILES string of the molecule is CC1(C)OB(C(F)=Cc2cn(CC3CCCCN3CCF)nn2)OC1(C)C. The van der Waals surface area contributed by atoms with E-state index in [-0.39, 0.29) is 12.7 Å². The van der Waals surface area contributed by atoms with Crippen molar-refractivity contribution in [3.8, 4) is 0 Å². The third-order valence-electron chi connectivity index (χ3n) is 5.84. The van der Waals surface area contributed by atoms with E-state index in [2.05, 4.69) is 15.2 Å². The zero-order valence-corrected chi connectivity index (χ0v) is 16.6. The highest BCUT2D eigenvalue weighted by molar-refractivity contribution is 6.54. The van der Waals surface area contributed by atoms with Gasteiger partial charge >= 0.3 is 7.12 Å². The largest absolute Gasteiger partial charge is 0.525 e. The van der Waals surface area contributed by atoms with Gasteiger partial charge in [-0.2, -0.15) is 0 Å². The van der Waals surface area contributed by atoms with Crippen LogP contribution < -0.4 is 0 Å². The normalized spacial score (nSPS) is 25.9. The number of halogens is 2. The molecule has 1 aromatic heterocycles. The van der Waals surface area contributed by atoms with Crippen molar-refractivity contribution in [2.45, 2.75) is 70.7 Å². The molecule has 9 heteroatoms. The summed E-state index contributed by atoms with van der Waals surface area (Å²) < 4.78 is 40.4. The van der Waals surface area contributed by atoms with Crippen LogP contribution in [0.15, 0.2) is 11.9 Å². The van der Waals surface area contributed by atoms with Crippen LogP contribution in [0.1, 0.15) is 52.7 Å². The zero-order chi connectivity index (χ0) is 19.7. The lowest BCUT2D eigenvalue weighted by molar-refractivity contribution is 0.00578. The Bertz CT molecular complexity index is 662. The van der Waals surface area contributed by atoms with Crippen molar-refractivity contribution in [1.82, 2.24) is 19.9 Å². The highest BCUT2D eigenvalue weighted by Gasteiger charge is 2.53. The van der Waals surface area contributed by atoms with Crippen molar-refractivity contribution < 1.29 is 18.1 Å². The molecule has 150 valence electrons. The van der Waals surface area contributed by atoms with E-state index in [4.69, 9.17) is 9.31 Å². The van der Waals surface area contributed by atoms with Crippen LogP contribution in [0.3, 0.4) is 0 Å². The van der Waals surface area contributed by atoms with Gasteiger partial charge in [0.05, 0.1) is 23.9 Å². The Labute approximate surface area is 160 Å². The van der Waals surface area contributed by atoms with Crippen LogP contribution in [0.25, 0.3) is 6.08 Å². The molecule has 6 nitrogen and oxygen atoms in total. The fourth-order valence-electron chi connectivity index (χ4n) is 3.52. The number of nitrogens with zero attached hydrogens (tertiary/aromatic N) is 4. The van der Waals surface area contributed by atoms with Crippen molar-refractivity contribution in [2.24, 2.45) is 0 Å². The van der Waals surface area contributed by atoms with E-state index in [0.717, 1.165) is 25.8 Å². The quantitative estimate of drug-likeness (QED) is 0.708. The third kappa shape index (κ3) is 4.58. The van der Waals surface area contributed by atoms with Crippen LogP contribution in [0.5, 0.6) is 0 Å². The van der Waals surface area contributed by atoms with E-state index >= 15 is 0 Å². The zero-order valence-electron chi connectivity index (χ0n) is 16.6. The monoisotopic (exact) mass is 382 g/mol. The first-order valence-corrected chi connectivity index (χ1v) is 9.65. The van der Waals surface area contributed by atoms with Gasteiger partial charge in [0, 0.05) is 12.6 Å². The van der Waals surface area contributed by atoms with E-state index in [1.165, 1.54) is 6.08 Å². The van der Waals surface area contributed by atoms with Gasteiger partial charge in [0.1, 0.15) is 18.1 Å². The molecule has 0 saturated carbocycles. The summed E-state index contributed by atoms with van der Waals surface area (Å²) in [4.78, 5) is 2.16. The number of aromatic nitrogens is 3. The maximum Gasteiger partial charge on any atom is 0.525 e. The molecule has 0 spiro atoms. The maximum atomic E-state index is 14.6. The summed E-state index contributed by atoms with van der Waals surface area (Å²) in [5.41, 5.74) is -1.31. The van der Waals surface area contributed by atoms with Crippen LogP contribution in [0.2, 0.25) is 0 Å². The minimum atomic E-state index is -1.04. The first-order chi connectivity index (χ1) is 12.7. The summed E-state index contributed by atoms with van der Waals surface area (Å²) >= 11 is 0. The molecule has 1 atom stereocenters. The van der Waals surface area contributed by atoms with Gasteiger partial charge < -0.3 is 9.31 Å². The third-order valence-corrected chi connectivity index (χ3v) is 5.84. The number of piperidine rings is 1. The Hall–Kier alpha value is -1.32. The fraction of sp³-hybridized carbons (Fsp3) is 0.778. The lowest BCUT2D eigenvalue weighted by atomic mass is 9.87. The highest BCUT2D eigenvalue weighted by atomic mass is 19.1. The van der Waals surface area contributed by atoms with Gasteiger partial charge in [-0.25, -0.2) is 8.78 Å². The number of alkyl halides is 1. The minimum Gasteiger partial charge on any atom is -0.398 e. The van der Waals surface area contributed by atoms with Crippen LogP contribution >= 0.6 is 0 Å². The summed E-state index contributed by atoms with van der Waals surface area (Å²) in [5.74, 6) is 0. The van der Waals surface area contributed by atoms with Crippen LogP contribution in [-0.2, 0) is 15.9 Å². The Morgan fingerprint density at radius 1 is 1.30 bits per heavy atom. The molecule has 0 amide bonds. The molecule has 0 aliphatic carbocycles. The first-order valence-electron chi connectivity index (χ1n) is 9.65. The predicted molar refractivity (Wildman–Crippen MR) is 100 cm³/mol. The Morgan fingerprint density at radius 3 is 2.67 bits per heavy atom. The van der Waals surface area contributed by atoms with Gasteiger partial charge in [-0.1, -0.05) is 11.6 Å². The molecule has 2 fully saturated rings. The lowest BCUT2D eigenvalue weighted by Crippen LogP contribution is -2.43. The number of hydrogen-bond acceptors (Lipinski definition) is 5. The van der Waals surface area contributed by atoms with Gasteiger partial charge in [-0.3, -0.25) is 9.58 Å². The van der Waals surface area contributed by atoms with E-state index in [9.17, 15) is 8.78 Å². The molecule has 0 bridgehead atoms. The van der Waals surface area contributed by atoms with Gasteiger partial charge in [-0.05, 0) is 53.2 Å². The minimum absolute atomic E-state index is 0.237. The summed E-state index contributed by atoms with van der Waals surface area (Å²) in [6.45, 7) is 9.15. The van der Waals surface area contributed by atoms with Crippen LogP contribution in [-0.4, -0.2) is 64.0 Å². The van der Waals surface area contributed by atoms with Crippen LogP contribution in [0, 0.1) is 0 Å². The summed E-state index contributed by atoms with van der Waals surface area (Å²) in [7, 11) is -1.04. The van der Waals surface area contributed by atoms with Crippen LogP contribution in [0.4, 0.5) is 8.78 Å². The molecule has 2 aliphatic heterocycles. The molecule has 2 aliphatic rings. The molecule has 27 heavy (non-hydrogen) atoms. The van der Waals surface area contributed by atoms with Crippen molar-refractivity contribution in [3.05, 3.63) is 17.6 Å². The molecule has 1 unspecified atom stereocenters. The summed E-state index contributed by atoms with van der Waals surface area (Å²) in [6, 6.07) is 0.237. The Morgan fingerprint density at radius 2 is 2.00 bits per heavy atom. The molecular formula is C18H29BF2N4O2. The Kier molecular flexibility index (Phi) is 6.03. The molecular weight excluding hydrogens is 353 g/mol. The lowest BCUT2D eigenvalue weighted by Gasteiger charge is -2.34. The molecule has 1 aromatic rings. The molecule has 3 heterocycles. The van der Waals surface area contributed by atoms with E-state index < -0.39 is 24.0 Å². The van der Waals surface area contributed by atoms with Crippen molar-refractivity contribution >= 4 is 13.2 Å². The van der Waals surface area contributed by atoms with Crippen molar-refractivity contribution in [2.75, 3.05) is 19.8 Å². The van der Waals surface area contributed by atoms with E-state index in [1.54, 1.807) is 10.9 Å². The second-order valence-electron chi connectivity index (χ2n) is 8.36. The van der Waals surface area contributed by atoms with Gasteiger partial charge in [0.2, 0.25) is 0 Å². The molecule has 0 aromatic carbocycles. The molecule has 0 radical (unpaired) electrons. The van der Waals surface area contributed by atoms with Crippen molar-refractivity contribution in [3.63, 3.8) is 0 Å².